The Balaban J connectivity index is 1.65. The van der Waals surface area contributed by atoms with Crippen LogP contribution in [0.2, 0.25) is 0 Å². The lowest BCUT2D eigenvalue weighted by Crippen LogP contribution is -2.64. The van der Waals surface area contributed by atoms with Gasteiger partial charge in [-0.25, -0.2) is 0 Å². The molecule has 0 saturated carbocycles. The van der Waals surface area contributed by atoms with E-state index >= 15 is 0 Å². The normalized spacial score (nSPS) is 24.0. The summed E-state index contributed by atoms with van der Waals surface area (Å²) in [6.45, 7) is 7.14. The van der Waals surface area contributed by atoms with Crippen LogP contribution in [-0.4, -0.2) is 82.7 Å². The SMILES string of the molecule is CC[C@@H](C(=O)N1CCC2(CC1)CN(C)CCN2C)n1cccn1. The first kappa shape index (κ1) is 16.5. The molecule has 1 spiro atoms. The second-order valence-corrected chi connectivity index (χ2v) is 7.12. The maximum absolute atomic E-state index is 12.9. The Hall–Kier alpha value is -1.40. The highest BCUT2D eigenvalue weighted by atomic mass is 16.2. The van der Waals surface area contributed by atoms with Gasteiger partial charge < -0.3 is 9.80 Å². The zero-order valence-corrected chi connectivity index (χ0v) is 14.6. The molecule has 0 radical (unpaired) electrons. The smallest absolute Gasteiger partial charge is 0.247 e. The van der Waals surface area contributed by atoms with E-state index in [-0.39, 0.29) is 17.5 Å². The average molecular weight is 319 g/mol. The van der Waals surface area contributed by atoms with Gasteiger partial charge in [0.1, 0.15) is 6.04 Å². The third-order valence-electron chi connectivity index (χ3n) is 5.71. The second kappa shape index (κ2) is 6.61. The molecule has 1 aromatic rings. The van der Waals surface area contributed by atoms with Crippen molar-refractivity contribution in [2.24, 2.45) is 0 Å². The summed E-state index contributed by atoms with van der Waals surface area (Å²) in [5.74, 6) is 0.220. The summed E-state index contributed by atoms with van der Waals surface area (Å²) < 4.78 is 1.80. The Kier molecular flexibility index (Phi) is 4.73. The molecule has 2 saturated heterocycles. The molecule has 0 N–H and O–H groups in total. The highest BCUT2D eigenvalue weighted by Crippen LogP contribution is 2.32. The number of piperidine rings is 1. The minimum Gasteiger partial charge on any atom is -0.341 e. The lowest BCUT2D eigenvalue weighted by atomic mass is 9.83. The van der Waals surface area contributed by atoms with E-state index in [0.29, 0.717) is 0 Å². The van der Waals surface area contributed by atoms with E-state index in [2.05, 4.69) is 35.9 Å². The van der Waals surface area contributed by atoms with Crippen molar-refractivity contribution in [3.8, 4) is 0 Å². The predicted octanol–water partition coefficient (Wildman–Crippen LogP) is 1.07. The standard InChI is InChI=1S/C17H29N5O/c1-4-15(22-9-5-8-18-22)16(23)21-10-6-17(7-11-21)14-19(2)12-13-20(17)3/h5,8-9,15H,4,6-7,10-14H2,1-3H3/t15-/m0/s1. The summed E-state index contributed by atoms with van der Waals surface area (Å²) in [4.78, 5) is 19.9. The molecule has 2 aliphatic rings. The molecule has 0 bridgehead atoms. The monoisotopic (exact) mass is 319 g/mol. The van der Waals surface area contributed by atoms with Gasteiger partial charge in [-0.15, -0.1) is 0 Å². The van der Waals surface area contributed by atoms with E-state index in [0.717, 1.165) is 52.0 Å². The maximum Gasteiger partial charge on any atom is 0.247 e. The molecule has 0 unspecified atom stereocenters. The molecule has 0 aromatic carbocycles. The molecule has 1 atom stereocenters. The highest BCUT2D eigenvalue weighted by molar-refractivity contribution is 5.80. The minimum atomic E-state index is -0.161. The predicted molar refractivity (Wildman–Crippen MR) is 90.2 cm³/mol. The molecule has 3 rings (SSSR count). The van der Waals surface area contributed by atoms with E-state index in [1.54, 1.807) is 10.9 Å². The first-order chi connectivity index (χ1) is 11.1. The maximum atomic E-state index is 12.9. The van der Waals surface area contributed by atoms with Gasteiger partial charge in [-0.2, -0.15) is 5.10 Å². The van der Waals surface area contributed by atoms with Gasteiger partial charge >= 0.3 is 0 Å². The summed E-state index contributed by atoms with van der Waals surface area (Å²) in [5, 5.41) is 4.26. The van der Waals surface area contributed by atoms with Crippen molar-refractivity contribution < 1.29 is 4.79 Å². The highest BCUT2D eigenvalue weighted by Gasteiger charge is 2.42. The molecular formula is C17H29N5O. The molecule has 0 aliphatic carbocycles. The van der Waals surface area contributed by atoms with Gasteiger partial charge in [0.05, 0.1) is 0 Å². The lowest BCUT2D eigenvalue weighted by Gasteiger charge is -2.52. The summed E-state index contributed by atoms with van der Waals surface area (Å²) in [7, 11) is 4.44. The van der Waals surface area contributed by atoms with Crippen LogP contribution in [0.3, 0.4) is 0 Å². The topological polar surface area (TPSA) is 44.6 Å². The average Bonchev–Trinajstić information content (AvgIpc) is 3.07. The van der Waals surface area contributed by atoms with E-state index in [9.17, 15) is 4.79 Å². The van der Waals surface area contributed by atoms with Crippen molar-refractivity contribution >= 4 is 5.91 Å². The van der Waals surface area contributed by atoms with Crippen LogP contribution in [0.4, 0.5) is 0 Å². The van der Waals surface area contributed by atoms with Crippen LogP contribution in [0.25, 0.3) is 0 Å². The summed E-state index contributed by atoms with van der Waals surface area (Å²) >= 11 is 0. The van der Waals surface area contributed by atoms with Gasteiger partial charge in [0.15, 0.2) is 0 Å². The van der Waals surface area contributed by atoms with Crippen LogP contribution in [0.5, 0.6) is 0 Å². The number of amides is 1. The van der Waals surface area contributed by atoms with Gasteiger partial charge in [0.25, 0.3) is 0 Å². The second-order valence-electron chi connectivity index (χ2n) is 7.12. The number of piperazine rings is 1. The molecule has 1 amide bonds. The van der Waals surface area contributed by atoms with Crippen molar-refractivity contribution in [1.82, 2.24) is 24.5 Å². The van der Waals surface area contributed by atoms with Crippen LogP contribution in [0, 0.1) is 0 Å². The van der Waals surface area contributed by atoms with Crippen LogP contribution < -0.4 is 0 Å². The molecule has 3 heterocycles. The Morgan fingerprint density at radius 1 is 1.22 bits per heavy atom. The molecule has 1 aromatic heterocycles. The molecule has 2 aliphatic heterocycles. The Bertz CT molecular complexity index is 521. The van der Waals surface area contributed by atoms with Gasteiger partial charge in [0, 0.05) is 50.7 Å². The van der Waals surface area contributed by atoms with Gasteiger partial charge in [-0.3, -0.25) is 14.4 Å². The Labute approximate surface area is 139 Å². The number of likely N-dealkylation sites (N-methyl/N-ethyl adjacent to an activating group) is 2. The van der Waals surface area contributed by atoms with Crippen LogP contribution >= 0.6 is 0 Å². The van der Waals surface area contributed by atoms with Crippen molar-refractivity contribution in [3.05, 3.63) is 18.5 Å². The van der Waals surface area contributed by atoms with Gasteiger partial charge in [-0.1, -0.05) is 6.92 Å². The number of likely N-dealkylation sites (tertiary alicyclic amines) is 1. The first-order valence-electron chi connectivity index (χ1n) is 8.73. The zero-order valence-electron chi connectivity index (χ0n) is 14.6. The number of rotatable bonds is 3. The van der Waals surface area contributed by atoms with Crippen molar-refractivity contribution in [2.75, 3.05) is 46.8 Å². The fourth-order valence-electron chi connectivity index (χ4n) is 4.09. The molecular weight excluding hydrogens is 290 g/mol. The quantitative estimate of drug-likeness (QED) is 0.836. The van der Waals surface area contributed by atoms with E-state index < -0.39 is 0 Å². The molecule has 6 heteroatoms. The minimum absolute atomic E-state index is 0.161. The van der Waals surface area contributed by atoms with Crippen molar-refractivity contribution in [1.29, 1.82) is 0 Å². The molecule has 6 nitrogen and oxygen atoms in total. The van der Waals surface area contributed by atoms with Gasteiger partial charge in [-0.05, 0) is 39.4 Å². The number of aromatic nitrogens is 2. The van der Waals surface area contributed by atoms with E-state index in [1.165, 1.54) is 0 Å². The number of carbonyl (C=O) groups is 1. The van der Waals surface area contributed by atoms with E-state index in [4.69, 9.17) is 0 Å². The fraction of sp³-hybridized carbons (Fsp3) is 0.765. The third kappa shape index (κ3) is 3.15. The van der Waals surface area contributed by atoms with Crippen molar-refractivity contribution in [3.63, 3.8) is 0 Å². The number of hydrogen-bond donors (Lipinski definition) is 0. The van der Waals surface area contributed by atoms with Gasteiger partial charge in [0.2, 0.25) is 5.91 Å². The largest absolute Gasteiger partial charge is 0.341 e. The zero-order chi connectivity index (χ0) is 16.4. The summed E-state index contributed by atoms with van der Waals surface area (Å²) in [5.41, 5.74) is 0.247. The third-order valence-corrected chi connectivity index (χ3v) is 5.71. The number of hydrogen-bond acceptors (Lipinski definition) is 4. The van der Waals surface area contributed by atoms with Crippen molar-refractivity contribution in [2.45, 2.75) is 37.8 Å². The number of nitrogens with zero attached hydrogens (tertiary/aromatic N) is 5. The van der Waals surface area contributed by atoms with E-state index in [1.807, 2.05) is 17.2 Å². The Morgan fingerprint density at radius 3 is 2.57 bits per heavy atom. The molecule has 23 heavy (non-hydrogen) atoms. The summed E-state index contributed by atoms with van der Waals surface area (Å²) in [6, 6.07) is 1.72. The van der Waals surface area contributed by atoms with Crippen LogP contribution in [0.1, 0.15) is 32.2 Å². The van der Waals surface area contributed by atoms with Crippen LogP contribution in [0.15, 0.2) is 18.5 Å². The number of carbonyl (C=O) groups excluding carboxylic acids is 1. The summed E-state index contributed by atoms with van der Waals surface area (Å²) in [6.07, 6.45) is 6.55. The molecule has 2 fully saturated rings. The first-order valence-corrected chi connectivity index (χ1v) is 8.73. The van der Waals surface area contributed by atoms with Crippen LogP contribution in [-0.2, 0) is 4.79 Å². The molecule has 128 valence electrons. The lowest BCUT2D eigenvalue weighted by molar-refractivity contribution is -0.138. The fourth-order valence-corrected chi connectivity index (χ4v) is 4.09. The Morgan fingerprint density at radius 2 is 1.96 bits per heavy atom.